The standard InChI is InChI=1S/C12H14N2O2.C12H15NO4.C11H11F2NO2.C11H11NO3.C10H9F2NO2.C7H6N2.C5H10Br2O2/c1-15-12(16-2)7-11(8-12,9-13)10-4-3-5-14-6-10;1-16-12(17-2)7-11(8-12,10(14)15)9-4-3-5-13-6-9;1-16-9(15)10(6-11(12,13)7-10)8-3-2-4-14-5-8;1-15-10(14)11(5-9(13)6-11)8-3-2-4-12-7-8;11-10(12)5-9(6-10,8(14)15)7-2-1-3-13-4-7;8-4-3-7-2-1-5-9-6-7;1-8-5(3-6,4-7)9-2/h3-6H,7-8H2,1-2H3;3-6H,7-8H2,1-2H3,(H,14,15);2-5H,6-7H2,1H3;2-4,7H,5-6H2,1H3;1-4H,5-6H2,(H,14,15);1-2,5-6H,3H2;3-4H2,1-2H3. The largest absolute Gasteiger partial charge is 0.481 e. The maximum Gasteiger partial charge on any atom is 0.317 e. The summed E-state index contributed by atoms with van der Waals surface area (Å²) in [4.78, 5) is 80.3. The molecule has 6 aromatic heterocycles. The Morgan fingerprint density at radius 1 is 0.485 bits per heavy atom. The molecule has 5 saturated carbocycles. The highest BCUT2D eigenvalue weighted by Crippen LogP contribution is 2.56. The second-order valence-electron chi connectivity index (χ2n) is 23.3. The summed E-state index contributed by atoms with van der Waals surface area (Å²) in [6, 6.07) is 25.3. The van der Waals surface area contributed by atoms with Gasteiger partial charge in [-0.25, -0.2) is 17.6 Å². The number of hydrogen-bond acceptors (Lipinski definition) is 21. The van der Waals surface area contributed by atoms with Crippen LogP contribution in [0.5, 0.6) is 0 Å². The number of ketones is 1. The first-order chi connectivity index (χ1) is 46.1. The number of halogens is 6. The second kappa shape index (κ2) is 34.9. The number of ether oxygens (including phenoxy) is 8. The van der Waals surface area contributed by atoms with Crippen molar-refractivity contribution >= 4 is 61.5 Å². The van der Waals surface area contributed by atoms with Crippen LogP contribution in [0.2, 0.25) is 0 Å². The number of pyridine rings is 6. The van der Waals surface area contributed by atoms with E-state index in [1.165, 1.54) is 59.3 Å². The highest BCUT2D eigenvalue weighted by Gasteiger charge is 2.64. The smallest absolute Gasteiger partial charge is 0.317 e. The Morgan fingerprint density at radius 3 is 1.07 bits per heavy atom. The average Bonchev–Trinajstić information content (AvgIpc) is 0.763. The van der Waals surface area contributed by atoms with Gasteiger partial charge in [0.1, 0.15) is 27.4 Å². The van der Waals surface area contributed by atoms with Crippen molar-refractivity contribution in [3.8, 4) is 12.1 Å². The van der Waals surface area contributed by atoms with Gasteiger partial charge in [0, 0.05) is 181 Å². The monoisotopic (exact) mass is 1480 g/mol. The zero-order valence-electron chi connectivity index (χ0n) is 54.6. The molecule has 0 saturated heterocycles. The number of aliphatic carboxylic acids is 2. The first-order valence-electron chi connectivity index (χ1n) is 29.7. The number of rotatable bonds is 18. The Labute approximate surface area is 575 Å². The third kappa shape index (κ3) is 18.8. The number of nitriles is 2. The van der Waals surface area contributed by atoms with Crippen LogP contribution in [0, 0.1) is 22.7 Å². The van der Waals surface area contributed by atoms with Crippen molar-refractivity contribution < 1.29 is 89.6 Å². The summed E-state index contributed by atoms with van der Waals surface area (Å²) >= 11 is 6.55. The Kier molecular flexibility index (Phi) is 28.6. The van der Waals surface area contributed by atoms with Crippen LogP contribution in [0.15, 0.2) is 147 Å². The predicted molar refractivity (Wildman–Crippen MR) is 347 cm³/mol. The van der Waals surface area contributed by atoms with Gasteiger partial charge in [-0.3, -0.25) is 53.9 Å². The molecule has 0 amide bonds. The first-order valence-corrected chi connectivity index (χ1v) is 31.9. The van der Waals surface area contributed by atoms with Crippen LogP contribution < -0.4 is 0 Å². The Balaban J connectivity index is 0.000000207. The van der Waals surface area contributed by atoms with Crippen LogP contribution in [0.3, 0.4) is 0 Å². The topological polar surface area (TPSA) is 325 Å². The maximum absolute atomic E-state index is 13.0. The molecule has 5 fully saturated rings. The number of Topliss-reactive ketones (excluding diaryl/α,β-unsaturated/α-hetero) is 1. The molecule has 6 aromatic rings. The molecule has 0 unspecified atom stereocenters. The fourth-order valence-corrected chi connectivity index (χ4v) is 13.4. The molecule has 0 bridgehead atoms. The van der Waals surface area contributed by atoms with Crippen LogP contribution in [0.4, 0.5) is 17.6 Å². The van der Waals surface area contributed by atoms with Crippen LogP contribution >= 0.6 is 31.9 Å². The molecular weight excluding hydrogens is 1400 g/mol. The Hall–Kier alpha value is -8.13. The van der Waals surface area contributed by atoms with Gasteiger partial charge in [-0.15, -0.1) is 0 Å². The number of carboxylic acids is 2. The molecule has 11 rings (SSSR count). The molecule has 6 heterocycles. The summed E-state index contributed by atoms with van der Waals surface area (Å²) in [5.41, 5.74) is -0.697. The number of aromatic nitrogens is 6. The van der Waals surface area contributed by atoms with Crippen molar-refractivity contribution in [2.24, 2.45) is 0 Å². The lowest BCUT2D eigenvalue weighted by Crippen LogP contribution is -2.60. The van der Waals surface area contributed by atoms with E-state index >= 15 is 0 Å². The van der Waals surface area contributed by atoms with Crippen molar-refractivity contribution in [1.29, 1.82) is 10.5 Å². The fraction of sp³-hybridized carbons (Fsp3) is 0.456. The highest BCUT2D eigenvalue weighted by atomic mass is 79.9. The first kappa shape index (κ1) is 79.6. The summed E-state index contributed by atoms with van der Waals surface area (Å²) < 4.78 is 92.2. The molecule has 0 radical (unpaired) electrons. The third-order valence-electron chi connectivity index (χ3n) is 17.4. The van der Waals surface area contributed by atoms with Crippen LogP contribution in [-0.2, 0) is 95.4 Å². The number of carboxylic acid groups (broad SMARTS) is 2. The zero-order chi connectivity index (χ0) is 71.8. The molecule has 5 aliphatic rings. The summed E-state index contributed by atoms with van der Waals surface area (Å²) in [6.45, 7) is 0. The fourth-order valence-electron chi connectivity index (χ4n) is 11.6. The summed E-state index contributed by atoms with van der Waals surface area (Å²) in [6.07, 6.45) is 19.4. The van der Waals surface area contributed by atoms with Crippen LogP contribution in [0.1, 0.15) is 97.6 Å². The van der Waals surface area contributed by atoms with Crippen molar-refractivity contribution in [3.05, 3.63) is 181 Å². The number of nitrogens with zero attached hydrogens (tertiary/aromatic N) is 8. The average molecular weight is 1480 g/mol. The molecule has 29 heteroatoms. The van der Waals surface area contributed by atoms with Gasteiger partial charge in [-0.1, -0.05) is 68.3 Å². The van der Waals surface area contributed by atoms with E-state index in [-0.39, 0.29) is 24.6 Å². The molecule has 2 N–H and O–H groups in total. The third-order valence-corrected chi connectivity index (χ3v) is 19.1. The molecule has 5 aliphatic carbocycles. The summed E-state index contributed by atoms with van der Waals surface area (Å²) in [7, 11) is 12.0. The van der Waals surface area contributed by atoms with E-state index in [1.807, 2.05) is 30.3 Å². The lowest BCUT2D eigenvalue weighted by Gasteiger charge is -2.51. The molecule has 23 nitrogen and oxygen atoms in total. The Bertz CT molecular complexity index is 3540. The predicted octanol–water partition coefficient (Wildman–Crippen LogP) is 10.3. The van der Waals surface area contributed by atoms with Crippen molar-refractivity contribution in [2.45, 2.75) is 127 Å². The van der Waals surface area contributed by atoms with E-state index in [1.54, 1.807) is 120 Å². The van der Waals surface area contributed by atoms with Crippen molar-refractivity contribution in [3.63, 3.8) is 0 Å². The second-order valence-corrected chi connectivity index (χ2v) is 24.4. The summed E-state index contributed by atoms with van der Waals surface area (Å²) in [5.74, 6) is -10.5. The summed E-state index contributed by atoms with van der Waals surface area (Å²) in [5, 5.41) is 37.3. The number of alkyl halides is 6. The van der Waals surface area contributed by atoms with Gasteiger partial charge in [-0.2, -0.15) is 10.5 Å². The van der Waals surface area contributed by atoms with Crippen molar-refractivity contribution in [1.82, 2.24) is 29.9 Å². The van der Waals surface area contributed by atoms with Gasteiger partial charge in [0.2, 0.25) is 0 Å². The van der Waals surface area contributed by atoms with E-state index in [0.29, 0.717) is 59.5 Å². The van der Waals surface area contributed by atoms with Crippen LogP contribution in [-0.4, -0.2) is 167 Å². The highest BCUT2D eigenvalue weighted by molar-refractivity contribution is 9.09. The minimum absolute atomic E-state index is 0.0873. The zero-order valence-corrected chi connectivity index (χ0v) is 57.8. The van der Waals surface area contributed by atoms with E-state index in [0.717, 1.165) is 16.7 Å². The van der Waals surface area contributed by atoms with Gasteiger partial charge in [-0.05, 0) is 69.8 Å². The molecular formula is C68H76Br2F4N8O15. The maximum atomic E-state index is 13.0. The number of carbonyl (C=O) groups is 5. The number of esters is 2. The van der Waals surface area contributed by atoms with E-state index in [9.17, 15) is 51.9 Å². The van der Waals surface area contributed by atoms with Gasteiger partial charge in [0.25, 0.3) is 11.8 Å². The molecule has 0 atom stereocenters. The molecule has 0 aromatic carbocycles. The molecule has 97 heavy (non-hydrogen) atoms. The Morgan fingerprint density at radius 2 is 0.804 bits per heavy atom. The van der Waals surface area contributed by atoms with E-state index < -0.39 is 99.9 Å². The lowest BCUT2D eigenvalue weighted by atomic mass is 9.61. The van der Waals surface area contributed by atoms with Gasteiger partial charge >= 0.3 is 23.9 Å². The van der Waals surface area contributed by atoms with E-state index in [4.69, 9.17) is 43.5 Å². The normalized spacial score (nSPS) is 18.5. The molecule has 520 valence electrons. The minimum atomic E-state index is -2.87. The quantitative estimate of drug-likeness (QED) is 0.0349. The van der Waals surface area contributed by atoms with Crippen LogP contribution in [0.25, 0.3) is 0 Å². The number of methoxy groups -OCH3 is 8. The molecule has 0 spiro atoms. The number of hydrogen-bond donors (Lipinski definition) is 2. The SMILES string of the molecule is COC(=O)C1(c2cccnc2)CC(=O)C1.COC(=O)C1(c2cccnc2)CC(F)(F)C1.COC(CBr)(CBr)OC.COC1(OC)CC(C#N)(c2cccnc2)C1.COC1(OC)CC(C(=O)O)(c2cccnc2)C1.N#CCc1cccnc1.O=C(O)C1(c2cccnc2)CC(F)(F)C1. The van der Waals surface area contributed by atoms with Gasteiger partial charge in [0.05, 0.1) is 48.9 Å². The van der Waals surface area contributed by atoms with Gasteiger partial charge < -0.3 is 48.1 Å². The lowest BCUT2D eigenvalue weighted by molar-refractivity contribution is -0.277. The van der Waals surface area contributed by atoms with Gasteiger partial charge in [0.15, 0.2) is 17.4 Å². The van der Waals surface area contributed by atoms with Crippen molar-refractivity contribution in [2.75, 3.05) is 67.5 Å². The molecule has 0 aliphatic heterocycles. The van der Waals surface area contributed by atoms with E-state index in [2.05, 4.69) is 72.6 Å². The number of carbonyl (C=O) groups excluding carboxylic acids is 3. The minimum Gasteiger partial charge on any atom is -0.481 e.